The van der Waals surface area contributed by atoms with E-state index < -0.39 is 12.4 Å². The number of halogens is 3. The molecule has 1 aromatic carbocycles. The van der Waals surface area contributed by atoms with E-state index in [1.54, 1.807) is 0 Å². The summed E-state index contributed by atoms with van der Waals surface area (Å²) in [5, 5.41) is 4.74. The van der Waals surface area contributed by atoms with Crippen LogP contribution in [0.25, 0.3) is 0 Å². The predicted octanol–water partition coefficient (Wildman–Crippen LogP) is 1.99. The fourth-order valence-corrected chi connectivity index (χ4v) is 1.15. The standard InChI is InChI=1S/C10H10F3N3O2S/c11-10(12,13)18-7-3-1-6(2-4-7)16-9(17)15-5-8(14)19/h1-4H,5H2,(H2,14,19)(H2,15,16,17). The topological polar surface area (TPSA) is 76.4 Å². The third-order valence-corrected chi connectivity index (χ3v) is 1.91. The van der Waals surface area contributed by atoms with E-state index in [4.69, 9.17) is 5.73 Å². The molecule has 0 heterocycles. The molecule has 0 fully saturated rings. The highest BCUT2D eigenvalue weighted by Crippen LogP contribution is 2.23. The zero-order valence-electron chi connectivity index (χ0n) is 9.45. The van der Waals surface area contributed by atoms with Crippen molar-refractivity contribution in [2.75, 3.05) is 11.9 Å². The molecule has 0 atom stereocenters. The number of benzene rings is 1. The Morgan fingerprint density at radius 3 is 2.37 bits per heavy atom. The van der Waals surface area contributed by atoms with Crippen molar-refractivity contribution >= 4 is 28.9 Å². The van der Waals surface area contributed by atoms with Crippen molar-refractivity contribution in [3.05, 3.63) is 24.3 Å². The summed E-state index contributed by atoms with van der Waals surface area (Å²) in [4.78, 5) is 11.4. The van der Waals surface area contributed by atoms with Crippen LogP contribution in [-0.2, 0) is 0 Å². The maximum Gasteiger partial charge on any atom is 0.573 e. The van der Waals surface area contributed by atoms with Crippen LogP contribution in [0.2, 0.25) is 0 Å². The largest absolute Gasteiger partial charge is 0.573 e. The van der Waals surface area contributed by atoms with E-state index in [0.717, 1.165) is 12.1 Å². The molecule has 0 saturated heterocycles. The van der Waals surface area contributed by atoms with E-state index >= 15 is 0 Å². The molecule has 0 bridgehead atoms. The fraction of sp³-hybridized carbons (Fsp3) is 0.200. The molecule has 0 aliphatic rings. The Balaban J connectivity index is 2.52. The van der Waals surface area contributed by atoms with Gasteiger partial charge in [-0.1, -0.05) is 12.2 Å². The number of hydrogen-bond donors (Lipinski definition) is 3. The molecule has 0 spiro atoms. The molecule has 0 radical (unpaired) electrons. The molecular formula is C10H10F3N3O2S. The second-order valence-corrected chi connectivity index (χ2v) is 3.87. The number of hydrogen-bond acceptors (Lipinski definition) is 3. The van der Waals surface area contributed by atoms with Crippen LogP contribution in [0.5, 0.6) is 5.75 Å². The number of ether oxygens (including phenoxy) is 1. The lowest BCUT2D eigenvalue weighted by molar-refractivity contribution is -0.274. The van der Waals surface area contributed by atoms with Crippen molar-refractivity contribution in [2.45, 2.75) is 6.36 Å². The van der Waals surface area contributed by atoms with Gasteiger partial charge in [0.05, 0.1) is 11.5 Å². The first kappa shape index (κ1) is 15.0. The first-order valence-electron chi connectivity index (χ1n) is 4.95. The van der Waals surface area contributed by atoms with Crippen LogP contribution >= 0.6 is 12.2 Å². The first-order chi connectivity index (χ1) is 8.76. The number of anilines is 1. The lowest BCUT2D eigenvalue weighted by Gasteiger charge is -2.10. The van der Waals surface area contributed by atoms with Crippen molar-refractivity contribution < 1.29 is 22.7 Å². The zero-order chi connectivity index (χ0) is 14.5. The third kappa shape index (κ3) is 6.46. The Bertz CT molecular complexity index is 462. The second-order valence-electron chi connectivity index (χ2n) is 3.35. The van der Waals surface area contributed by atoms with Crippen LogP contribution in [0.3, 0.4) is 0 Å². The molecule has 0 unspecified atom stereocenters. The molecule has 0 aliphatic heterocycles. The lowest BCUT2D eigenvalue weighted by atomic mass is 10.3. The molecule has 4 N–H and O–H groups in total. The number of nitrogens with one attached hydrogen (secondary N) is 2. The van der Waals surface area contributed by atoms with Gasteiger partial charge >= 0.3 is 12.4 Å². The van der Waals surface area contributed by atoms with Gasteiger partial charge in [0.2, 0.25) is 0 Å². The van der Waals surface area contributed by atoms with Crippen LogP contribution in [0.4, 0.5) is 23.7 Å². The average molecular weight is 293 g/mol. The van der Waals surface area contributed by atoms with Crippen molar-refractivity contribution in [1.29, 1.82) is 0 Å². The molecule has 0 aliphatic carbocycles. The van der Waals surface area contributed by atoms with Crippen LogP contribution < -0.4 is 21.1 Å². The molecule has 1 aromatic rings. The minimum absolute atomic E-state index is 0.0242. The van der Waals surface area contributed by atoms with E-state index in [-0.39, 0.29) is 17.3 Å². The van der Waals surface area contributed by atoms with E-state index in [1.807, 2.05) is 0 Å². The van der Waals surface area contributed by atoms with Gasteiger partial charge in [-0.25, -0.2) is 4.79 Å². The van der Waals surface area contributed by atoms with Gasteiger partial charge in [0.1, 0.15) is 5.75 Å². The highest BCUT2D eigenvalue weighted by atomic mass is 32.1. The molecule has 0 aromatic heterocycles. The van der Waals surface area contributed by atoms with Gasteiger partial charge in [0.15, 0.2) is 0 Å². The summed E-state index contributed by atoms with van der Waals surface area (Å²) < 4.78 is 39.4. The highest BCUT2D eigenvalue weighted by molar-refractivity contribution is 7.80. The van der Waals surface area contributed by atoms with Gasteiger partial charge in [0, 0.05) is 5.69 Å². The SMILES string of the molecule is NC(=S)CNC(=O)Nc1ccc(OC(F)(F)F)cc1. The number of urea groups is 1. The summed E-state index contributed by atoms with van der Waals surface area (Å²) in [6.07, 6.45) is -4.75. The number of amides is 2. The third-order valence-electron chi connectivity index (χ3n) is 1.77. The van der Waals surface area contributed by atoms with Gasteiger partial charge < -0.3 is 21.1 Å². The van der Waals surface area contributed by atoms with Gasteiger partial charge in [-0.3, -0.25) is 0 Å². The van der Waals surface area contributed by atoms with E-state index in [9.17, 15) is 18.0 Å². The molecule has 9 heteroatoms. The zero-order valence-corrected chi connectivity index (χ0v) is 10.3. The molecule has 0 saturated carbocycles. The molecular weight excluding hydrogens is 283 g/mol. The Morgan fingerprint density at radius 1 is 1.32 bits per heavy atom. The molecule has 2 amide bonds. The van der Waals surface area contributed by atoms with Crippen LogP contribution in [0, 0.1) is 0 Å². The van der Waals surface area contributed by atoms with Gasteiger partial charge in [-0.15, -0.1) is 13.2 Å². The summed E-state index contributed by atoms with van der Waals surface area (Å²) in [5.41, 5.74) is 5.48. The predicted molar refractivity (Wildman–Crippen MR) is 66.9 cm³/mol. The maximum absolute atomic E-state index is 11.9. The minimum atomic E-state index is -4.75. The number of thiocarbonyl (C=S) groups is 1. The summed E-state index contributed by atoms with van der Waals surface area (Å²) in [6.45, 7) is 0.0242. The highest BCUT2D eigenvalue weighted by Gasteiger charge is 2.30. The molecule has 1 rings (SSSR count). The van der Waals surface area contributed by atoms with Gasteiger partial charge in [-0.2, -0.15) is 0 Å². The average Bonchev–Trinajstić information content (AvgIpc) is 2.27. The van der Waals surface area contributed by atoms with Crippen molar-refractivity contribution in [3.63, 3.8) is 0 Å². The van der Waals surface area contributed by atoms with Gasteiger partial charge in [0.25, 0.3) is 0 Å². The summed E-state index contributed by atoms with van der Waals surface area (Å²) in [6, 6.07) is 4.12. The number of carbonyl (C=O) groups excluding carboxylic acids is 1. The van der Waals surface area contributed by atoms with Crippen molar-refractivity contribution in [1.82, 2.24) is 5.32 Å². The van der Waals surface area contributed by atoms with Crippen LogP contribution in [0.15, 0.2) is 24.3 Å². The van der Waals surface area contributed by atoms with E-state index in [1.165, 1.54) is 12.1 Å². The van der Waals surface area contributed by atoms with E-state index in [2.05, 4.69) is 27.6 Å². The lowest BCUT2D eigenvalue weighted by Crippen LogP contribution is -2.35. The monoisotopic (exact) mass is 293 g/mol. The Kier molecular flexibility index (Phi) is 4.93. The summed E-state index contributed by atoms with van der Waals surface area (Å²) in [7, 11) is 0. The molecule has 19 heavy (non-hydrogen) atoms. The Hall–Kier alpha value is -2.03. The van der Waals surface area contributed by atoms with Crippen molar-refractivity contribution in [3.8, 4) is 5.75 Å². The minimum Gasteiger partial charge on any atom is -0.406 e. The van der Waals surface area contributed by atoms with Gasteiger partial charge in [-0.05, 0) is 24.3 Å². The maximum atomic E-state index is 11.9. The Labute approximate surface area is 111 Å². The normalized spacial score (nSPS) is 10.7. The number of carbonyl (C=O) groups is 1. The summed E-state index contributed by atoms with van der Waals surface area (Å²) in [5.74, 6) is -0.374. The smallest absolute Gasteiger partial charge is 0.406 e. The number of alkyl halides is 3. The Morgan fingerprint density at radius 2 is 1.89 bits per heavy atom. The van der Waals surface area contributed by atoms with Crippen LogP contribution in [-0.4, -0.2) is 23.9 Å². The van der Waals surface area contributed by atoms with E-state index in [0.29, 0.717) is 5.69 Å². The first-order valence-corrected chi connectivity index (χ1v) is 5.36. The molecule has 5 nitrogen and oxygen atoms in total. The number of rotatable bonds is 4. The van der Waals surface area contributed by atoms with Crippen molar-refractivity contribution in [2.24, 2.45) is 5.73 Å². The fourth-order valence-electron chi connectivity index (χ4n) is 1.08. The quantitative estimate of drug-likeness (QED) is 0.742. The molecule has 104 valence electrons. The number of nitrogens with two attached hydrogens (primary N) is 1. The summed E-state index contributed by atoms with van der Waals surface area (Å²) >= 11 is 4.56. The van der Waals surface area contributed by atoms with Crippen LogP contribution in [0.1, 0.15) is 0 Å². The second kappa shape index (κ2) is 6.23.